The molecule has 3 heteroatoms. The fraction of sp³-hybridized carbons (Fsp3) is 0.750. The van der Waals surface area contributed by atoms with E-state index in [1.54, 1.807) is 0 Å². The number of carboxylic acids is 1. The first-order valence-corrected chi connectivity index (χ1v) is 9.40. The summed E-state index contributed by atoms with van der Waals surface area (Å²) in [6.45, 7) is 2.21. The summed E-state index contributed by atoms with van der Waals surface area (Å²) in [6.07, 6.45) is 21.3. The Kier molecular flexibility index (Phi) is 16.4. The van der Waals surface area contributed by atoms with Crippen molar-refractivity contribution in [3.63, 3.8) is 0 Å². The molecule has 2 N–H and O–H groups in total. The molecule has 1 unspecified atom stereocenters. The molecule has 0 spiro atoms. The number of allylic oxidation sites excluding steroid dienone is 3. The summed E-state index contributed by atoms with van der Waals surface area (Å²) in [5, 5.41) is 18.4. The lowest BCUT2D eigenvalue weighted by atomic mass is 10.1. The Morgan fingerprint density at radius 3 is 2.22 bits per heavy atom. The molecule has 0 aliphatic rings. The normalized spacial score (nSPS) is 13.1. The topological polar surface area (TPSA) is 57.5 Å². The van der Waals surface area contributed by atoms with Crippen molar-refractivity contribution >= 4 is 5.97 Å². The smallest absolute Gasteiger partial charge is 0.303 e. The average Bonchev–Trinajstić information content (AvgIpc) is 2.52. The third-order valence-corrected chi connectivity index (χ3v) is 3.95. The van der Waals surface area contributed by atoms with Crippen molar-refractivity contribution in [3.8, 4) is 0 Å². The van der Waals surface area contributed by atoms with E-state index in [2.05, 4.69) is 13.0 Å². The van der Waals surface area contributed by atoms with Crippen LogP contribution in [0.3, 0.4) is 0 Å². The number of unbranched alkanes of at least 4 members (excludes halogenated alkanes) is 9. The Morgan fingerprint density at radius 2 is 1.57 bits per heavy atom. The average molecular weight is 325 g/mol. The summed E-state index contributed by atoms with van der Waals surface area (Å²) >= 11 is 0. The highest BCUT2D eigenvalue weighted by molar-refractivity contribution is 5.66. The van der Waals surface area contributed by atoms with E-state index in [-0.39, 0.29) is 6.10 Å². The molecule has 0 aliphatic heterocycles. The quantitative estimate of drug-likeness (QED) is 0.285. The summed E-state index contributed by atoms with van der Waals surface area (Å²) in [6, 6.07) is 0. The first kappa shape index (κ1) is 21.9. The largest absolute Gasteiger partial charge is 0.481 e. The standard InChI is InChI=1S/C20H36O3/c1-2-3-4-5-7-10-13-16-19(21)17-14-11-8-6-9-12-15-18-20(22)23/h7,10,13,16,19,21H,2-6,8-9,11-12,14-15,17-18H2,1H3,(H,22,23)/b10-7-,16-13+. The van der Waals surface area contributed by atoms with Crippen molar-refractivity contribution in [1.82, 2.24) is 0 Å². The van der Waals surface area contributed by atoms with Crippen molar-refractivity contribution in [2.45, 2.75) is 96.5 Å². The van der Waals surface area contributed by atoms with E-state index in [9.17, 15) is 9.90 Å². The van der Waals surface area contributed by atoms with Gasteiger partial charge in [-0.15, -0.1) is 0 Å². The van der Waals surface area contributed by atoms with Crippen LogP contribution in [0.2, 0.25) is 0 Å². The molecule has 1 atom stereocenters. The Balaban J connectivity index is 3.35. The van der Waals surface area contributed by atoms with E-state index in [0.29, 0.717) is 6.42 Å². The highest BCUT2D eigenvalue weighted by Crippen LogP contribution is 2.11. The lowest BCUT2D eigenvalue weighted by Crippen LogP contribution is -2.01. The van der Waals surface area contributed by atoms with Crippen LogP contribution < -0.4 is 0 Å². The molecule has 0 aromatic heterocycles. The maximum atomic E-state index is 10.4. The minimum absolute atomic E-state index is 0.297. The van der Waals surface area contributed by atoms with E-state index < -0.39 is 5.97 Å². The molecule has 0 aliphatic carbocycles. The van der Waals surface area contributed by atoms with Gasteiger partial charge in [-0.1, -0.05) is 82.6 Å². The van der Waals surface area contributed by atoms with Crippen molar-refractivity contribution in [2.75, 3.05) is 0 Å². The summed E-state index contributed by atoms with van der Waals surface area (Å²) in [4.78, 5) is 10.4. The SMILES string of the molecule is CCCCC/C=C\C=C\C(O)CCCCCCCCCC(=O)O. The number of aliphatic hydroxyl groups is 1. The zero-order valence-electron chi connectivity index (χ0n) is 14.9. The molecule has 0 heterocycles. The van der Waals surface area contributed by atoms with Crippen molar-refractivity contribution < 1.29 is 15.0 Å². The molecule has 0 fully saturated rings. The van der Waals surface area contributed by atoms with Crippen LogP contribution in [0, 0.1) is 0 Å². The van der Waals surface area contributed by atoms with Gasteiger partial charge in [0.1, 0.15) is 0 Å². The third-order valence-electron chi connectivity index (χ3n) is 3.95. The first-order chi connectivity index (χ1) is 11.2. The maximum Gasteiger partial charge on any atom is 0.303 e. The molecule has 0 radical (unpaired) electrons. The van der Waals surface area contributed by atoms with Crippen LogP contribution in [-0.2, 0) is 4.79 Å². The second-order valence-electron chi connectivity index (χ2n) is 6.28. The van der Waals surface area contributed by atoms with Gasteiger partial charge in [-0.2, -0.15) is 0 Å². The molecule has 0 saturated heterocycles. The number of carboxylic acid groups (broad SMARTS) is 1. The molecular formula is C20H36O3. The van der Waals surface area contributed by atoms with E-state index in [1.807, 2.05) is 18.2 Å². The van der Waals surface area contributed by atoms with E-state index in [0.717, 1.165) is 44.9 Å². The van der Waals surface area contributed by atoms with Crippen LogP contribution in [0.4, 0.5) is 0 Å². The number of rotatable bonds is 16. The van der Waals surface area contributed by atoms with Gasteiger partial charge in [-0.05, 0) is 25.7 Å². The van der Waals surface area contributed by atoms with Crippen LogP contribution in [0.5, 0.6) is 0 Å². The Bertz CT molecular complexity index is 321. The molecule has 23 heavy (non-hydrogen) atoms. The van der Waals surface area contributed by atoms with Gasteiger partial charge in [0.15, 0.2) is 0 Å². The fourth-order valence-corrected chi connectivity index (χ4v) is 2.49. The van der Waals surface area contributed by atoms with Crippen LogP contribution in [0.1, 0.15) is 90.4 Å². The van der Waals surface area contributed by atoms with Crippen molar-refractivity contribution in [3.05, 3.63) is 24.3 Å². The van der Waals surface area contributed by atoms with Gasteiger partial charge in [-0.3, -0.25) is 4.79 Å². The molecule has 0 aromatic carbocycles. The Hall–Kier alpha value is -1.09. The second-order valence-corrected chi connectivity index (χ2v) is 6.28. The maximum absolute atomic E-state index is 10.4. The number of hydrogen-bond donors (Lipinski definition) is 2. The van der Waals surface area contributed by atoms with Crippen molar-refractivity contribution in [1.29, 1.82) is 0 Å². The summed E-state index contributed by atoms with van der Waals surface area (Å²) < 4.78 is 0. The van der Waals surface area contributed by atoms with Crippen molar-refractivity contribution in [2.24, 2.45) is 0 Å². The minimum atomic E-state index is -0.692. The van der Waals surface area contributed by atoms with Gasteiger partial charge >= 0.3 is 5.97 Å². The van der Waals surface area contributed by atoms with Crippen LogP contribution in [-0.4, -0.2) is 22.3 Å². The summed E-state index contributed by atoms with van der Waals surface area (Å²) in [5.74, 6) is -0.692. The lowest BCUT2D eigenvalue weighted by molar-refractivity contribution is -0.137. The first-order valence-electron chi connectivity index (χ1n) is 9.40. The molecule has 0 bridgehead atoms. The number of hydrogen-bond acceptors (Lipinski definition) is 2. The summed E-state index contributed by atoms with van der Waals surface area (Å²) in [5.41, 5.74) is 0. The van der Waals surface area contributed by atoms with Gasteiger partial charge in [0.2, 0.25) is 0 Å². The van der Waals surface area contributed by atoms with Gasteiger partial charge in [0, 0.05) is 6.42 Å². The zero-order valence-corrected chi connectivity index (χ0v) is 14.9. The second kappa shape index (κ2) is 17.3. The zero-order chi connectivity index (χ0) is 17.2. The van der Waals surface area contributed by atoms with Gasteiger partial charge < -0.3 is 10.2 Å². The van der Waals surface area contributed by atoms with E-state index in [1.165, 1.54) is 32.1 Å². The number of aliphatic carboxylic acids is 1. The highest BCUT2D eigenvalue weighted by atomic mass is 16.4. The summed E-state index contributed by atoms with van der Waals surface area (Å²) in [7, 11) is 0. The van der Waals surface area contributed by atoms with Crippen LogP contribution in [0.25, 0.3) is 0 Å². The van der Waals surface area contributed by atoms with E-state index >= 15 is 0 Å². The number of carbonyl (C=O) groups is 1. The lowest BCUT2D eigenvalue weighted by Gasteiger charge is -2.05. The highest BCUT2D eigenvalue weighted by Gasteiger charge is 1.99. The molecule has 0 aromatic rings. The van der Waals surface area contributed by atoms with Gasteiger partial charge in [0.05, 0.1) is 6.10 Å². The van der Waals surface area contributed by atoms with Gasteiger partial charge in [0.25, 0.3) is 0 Å². The predicted molar refractivity (Wildman–Crippen MR) is 97.6 cm³/mol. The molecule has 134 valence electrons. The molecule has 0 rings (SSSR count). The van der Waals surface area contributed by atoms with E-state index in [4.69, 9.17) is 5.11 Å². The van der Waals surface area contributed by atoms with Gasteiger partial charge in [-0.25, -0.2) is 0 Å². The Labute approximate surface area is 142 Å². The molecule has 3 nitrogen and oxygen atoms in total. The number of aliphatic hydroxyl groups excluding tert-OH is 1. The fourth-order valence-electron chi connectivity index (χ4n) is 2.49. The molecular weight excluding hydrogens is 288 g/mol. The van der Waals surface area contributed by atoms with Crippen LogP contribution in [0.15, 0.2) is 24.3 Å². The monoisotopic (exact) mass is 324 g/mol. The molecule has 0 saturated carbocycles. The molecule has 0 amide bonds. The third kappa shape index (κ3) is 18.9. The van der Waals surface area contributed by atoms with Crippen LogP contribution >= 0.6 is 0 Å². The Morgan fingerprint density at radius 1 is 0.913 bits per heavy atom. The minimum Gasteiger partial charge on any atom is -0.481 e. The predicted octanol–water partition coefficient (Wildman–Crippen LogP) is 5.64.